The summed E-state index contributed by atoms with van der Waals surface area (Å²) in [4.78, 5) is 22.4. The predicted octanol–water partition coefficient (Wildman–Crippen LogP) is 4.07. The van der Waals surface area contributed by atoms with Gasteiger partial charge < -0.3 is 24.6 Å². The molecule has 0 amide bonds. The second-order valence-corrected chi connectivity index (χ2v) is 9.78. The predicted molar refractivity (Wildman–Crippen MR) is 128 cm³/mol. The highest BCUT2D eigenvalue weighted by Gasteiger charge is 2.38. The number of carboxylic acid groups (broad SMARTS) is 2. The fourth-order valence-electron chi connectivity index (χ4n) is 3.47. The minimum atomic E-state index is -5.08. The van der Waals surface area contributed by atoms with Crippen LogP contribution in [-0.2, 0) is 14.8 Å². The number of piperidine rings is 1. The molecule has 3 rings (SSSR count). The van der Waals surface area contributed by atoms with Crippen LogP contribution in [0.1, 0.15) is 30.1 Å². The van der Waals surface area contributed by atoms with Gasteiger partial charge in [0.05, 0.1) is 31.2 Å². The molecule has 1 fully saturated rings. The lowest BCUT2D eigenvalue weighted by Gasteiger charge is -2.33. The summed E-state index contributed by atoms with van der Waals surface area (Å²) < 4.78 is 71.1. The van der Waals surface area contributed by atoms with Crippen molar-refractivity contribution < 1.29 is 50.9 Å². The molecule has 14 heteroatoms. The summed E-state index contributed by atoms with van der Waals surface area (Å²) in [6.45, 7) is 3.72. The Kier molecular flexibility index (Phi) is 9.61. The first-order valence-corrected chi connectivity index (χ1v) is 12.3. The first kappa shape index (κ1) is 29.5. The van der Waals surface area contributed by atoms with Crippen LogP contribution in [0, 0.1) is 5.92 Å². The van der Waals surface area contributed by atoms with Gasteiger partial charge in [0.15, 0.2) is 0 Å². The van der Waals surface area contributed by atoms with Crippen molar-refractivity contribution in [1.29, 1.82) is 0 Å². The smallest absolute Gasteiger partial charge is 0.490 e. The van der Waals surface area contributed by atoms with Gasteiger partial charge in [-0.15, -0.1) is 0 Å². The number of carboxylic acids is 2. The van der Waals surface area contributed by atoms with Gasteiger partial charge in [0.25, 0.3) is 10.0 Å². The van der Waals surface area contributed by atoms with Crippen molar-refractivity contribution in [3.8, 4) is 11.5 Å². The van der Waals surface area contributed by atoms with Crippen LogP contribution >= 0.6 is 0 Å². The number of nitrogens with one attached hydrogen (secondary N) is 1. The summed E-state index contributed by atoms with van der Waals surface area (Å²) >= 11 is 0. The fourth-order valence-corrected chi connectivity index (χ4v) is 4.72. The second-order valence-electron chi connectivity index (χ2n) is 8.13. The molecule has 2 aromatic rings. The third-order valence-electron chi connectivity index (χ3n) is 5.51. The number of hydrogen-bond acceptors (Lipinski definition) is 7. The summed E-state index contributed by atoms with van der Waals surface area (Å²) in [7, 11) is -1.25. The van der Waals surface area contributed by atoms with Gasteiger partial charge in [-0.1, -0.05) is 6.92 Å². The van der Waals surface area contributed by atoms with Crippen LogP contribution in [0.5, 0.6) is 11.5 Å². The molecule has 1 saturated heterocycles. The maximum Gasteiger partial charge on any atom is 0.490 e. The number of sulfonamides is 1. The molecule has 0 atom stereocenters. The number of benzene rings is 2. The number of halogens is 3. The number of aromatic carboxylic acids is 1. The Labute approximate surface area is 211 Å². The maximum absolute atomic E-state index is 13.2. The van der Waals surface area contributed by atoms with Crippen LogP contribution in [0.2, 0.25) is 0 Å². The molecule has 1 aliphatic heterocycles. The van der Waals surface area contributed by atoms with Crippen LogP contribution in [-0.4, -0.2) is 64.1 Å². The maximum atomic E-state index is 13.2. The third-order valence-corrected chi connectivity index (χ3v) is 6.90. The molecule has 10 nitrogen and oxygen atoms in total. The molecule has 0 radical (unpaired) electrons. The van der Waals surface area contributed by atoms with Gasteiger partial charge in [0.1, 0.15) is 16.4 Å². The van der Waals surface area contributed by atoms with E-state index in [4.69, 9.17) is 19.4 Å². The molecular formula is C23H27F3N2O8S. The lowest BCUT2D eigenvalue weighted by atomic mass is 9.98. The average Bonchev–Trinajstić information content (AvgIpc) is 2.83. The Morgan fingerprint density at radius 1 is 1.03 bits per heavy atom. The molecular weight excluding hydrogens is 521 g/mol. The Hall–Kier alpha value is -3.68. The van der Waals surface area contributed by atoms with Crippen LogP contribution in [0.4, 0.5) is 24.5 Å². The van der Waals surface area contributed by atoms with Crippen LogP contribution in [0.3, 0.4) is 0 Å². The number of carbonyl (C=O) groups is 2. The zero-order valence-electron chi connectivity index (χ0n) is 20.2. The largest absolute Gasteiger partial charge is 0.497 e. The van der Waals surface area contributed by atoms with E-state index < -0.39 is 28.1 Å². The molecule has 0 bridgehead atoms. The van der Waals surface area contributed by atoms with Crippen molar-refractivity contribution in [2.45, 2.75) is 30.8 Å². The molecule has 0 spiro atoms. The van der Waals surface area contributed by atoms with E-state index in [1.54, 1.807) is 12.1 Å². The Morgan fingerprint density at radius 3 is 2.11 bits per heavy atom. The number of hydrogen-bond donors (Lipinski definition) is 3. The van der Waals surface area contributed by atoms with Gasteiger partial charge in [-0.3, -0.25) is 4.72 Å². The number of anilines is 2. The lowest BCUT2D eigenvalue weighted by molar-refractivity contribution is -0.192. The van der Waals surface area contributed by atoms with E-state index in [0.717, 1.165) is 25.9 Å². The van der Waals surface area contributed by atoms with Crippen LogP contribution in [0.25, 0.3) is 0 Å². The molecule has 204 valence electrons. The monoisotopic (exact) mass is 548 g/mol. The topological polar surface area (TPSA) is 142 Å². The number of ether oxygens (including phenoxy) is 2. The number of rotatable bonds is 7. The SMILES string of the molecule is COc1ccc(OC)c(S(=O)(=O)Nc2cc(C(=O)O)ccc2N2CCC(C)CC2)c1.O=C(O)C(F)(F)F. The molecule has 1 aliphatic rings. The minimum Gasteiger partial charge on any atom is -0.497 e. The first-order chi connectivity index (χ1) is 17.2. The van der Waals surface area contributed by atoms with Gasteiger partial charge in [0.2, 0.25) is 0 Å². The molecule has 2 aromatic carbocycles. The summed E-state index contributed by atoms with van der Waals surface area (Å²) in [5, 5.41) is 16.5. The van der Waals surface area contributed by atoms with E-state index in [1.807, 2.05) is 0 Å². The van der Waals surface area contributed by atoms with E-state index in [0.29, 0.717) is 17.4 Å². The van der Waals surface area contributed by atoms with E-state index in [-0.39, 0.29) is 21.9 Å². The number of methoxy groups -OCH3 is 2. The Balaban J connectivity index is 0.000000604. The fraction of sp³-hybridized carbons (Fsp3) is 0.391. The first-order valence-electron chi connectivity index (χ1n) is 10.9. The molecule has 0 aromatic heterocycles. The number of aliphatic carboxylic acids is 1. The summed E-state index contributed by atoms with van der Waals surface area (Å²) in [6, 6.07) is 8.96. The lowest BCUT2D eigenvalue weighted by Crippen LogP contribution is -2.33. The Bertz CT molecular complexity index is 1230. The van der Waals surface area contributed by atoms with Crippen molar-refractivity contribution in [3.63, 3.8) is 0 Å². The van der Waals surface area contributed by atoms with Gasteiger partial charge in [-0.25, -0.2) is 18.0 Å². The molecule has 0 unspecified atom stereocenters. The van der Waals surface area contributed by atoms with Crippen LogP contribution < -0.4 is 19.1 Å². The normalized spacial score (nSPS) is 14.3. The average molecular weight is 549 g/mol. The number of nitrogens with zero attached hydrogens (tertiary/aromatic N) is 1. The van der Waals surface area contributed by atoms with E-state index in [2.05, 4.69) is 16.5 Å². The van der Waals surface area contributed by atoms with Crippen LogP contribution in [0.15, 0.2) is 41.3 Å². The van der Waals surface area contributed by atoms with Crippen molar-refractivity contribution in [1.82, 2.24) is 0 Å². The zero-order valence-corrected chi connectivity index (χ0v) is 21.0. The molecule has 0 aliphatic carbocycles. The minimum absolute atomic E-state index is 0.000523. The molecule has 3 N–H and O–H groups in total. The van der Waals surface area contributed by atoms with Gasteiger partial charge in [-0.05, 0) is 49.1 Å². The quantitative estimate of drug-likeness (QED) is 0.467. The summed E-state index contributed by atoms with van der Waals surface area (Å²) in [5.74, 6) is -2.77. The van der Waals surface area contributed by atoms with Gasteiger partial charge >= 0.3 is 18.1 Å². The van der Waals surface area contributed by atoms with Crippen molar-refractivity contribution in [3.05, 3.63) is 42.0 Å². The summed E-state index contributed by atoms with van der Waals surface area (Å²) in [6.07, 6.45) is -3.12. The second kappa shape index (κ2) is 12.0. The molecule has 37 heavy (non-hydrogen) atoms. The van der Waals surface area contributed by atoms with Gasteiger partial charge in [-0.2, -0.15) is 13.2 Å². The Morgan fingerprint density at radius 2 is 1.62 bits per heavy atom. The standard InChI is InChI=1S/C21H26N2O6S.C2HF3O2/c1-14-8-10-23(11-9-14)18-6-4-15(21(24)25)12-17(18)22-30(26,27)20-13-16(28-2)5-7-19(20)29-3;3-2(4,5)1(6)7/h4-7,12-14,22H,8-11H2,1-3H3,(H,24,25);(H,6,7). The molecule has 0 saturated carbocycles. The van der Waals surface area contributed by atoms with E-state index in [9.17, 15) is 31.5 Å². The third kappa shape index (κ3) is 7.90. The zero-order chi connectivity index (χ0) is 28.0. The highest BCUT2D eigenvalue weighted by Crippen LogP contribution is 2.35. The number of alkyl halides is 3. The van der Waals surface area contributed by atoms with E-state index in [1.165, 1.54) is 38.5 Å². The van der Waals surface area contributed by atoms with E-state index >= 15 is 0 Å². The molecule has 1 heterocycles. The highest BCUT2D eigenvalue weighted by atomic mass is 32.2. The summed E-state index contributed by atoms with van der Waals surface area (Å²) in [5.41, 5.74) is 0.867. The van der Waals surface area contributed by atoms with Gasteiger partial charge in [0, 0.05) is 19.2 Å². The highest BCUT2D eigenvalue weighted by molar-refractivity contribution is 7.92. The van der Waals surface area contributed by atoms with Crippen molar-refractivity contribution >= 4 is 33.3 Å². The van der Waals surface area contributed by atoms with Crippen molar-refractivity contribution in [2.75, 3.05) is 36.9 Å². The van der Waals surface area contributed by atoms with Crippen molar-refractivity contribution in [2.24, 2.45) is 5.92 Å².